The highest BCUT2D eigenvalue weighted by molar-refractivity contribution is 7.80. The maximum atomic E-state index is 5.71. The van der Waals surface area contributed by atoms with Crippen LogP contribution in [-0.2, 0) is 0 Å². The number of rotatable bonds is 3. The third-order valence-corrected chi connectivity index (χ3v) is 4.17. The molecule has 0 radical (unpaired) electrons. The first-order valence-electron chi connectivity index (χ1n) is 7.11. The molecule has 2 rings (SSSR count). The fourth-order valence-electron chi connectivity index (χ4n) is 2.78. The highest BCUT2D eigenvalue weighted by Crippen LogP contribution is 2.25. The lowest BCUT2D eigenvalue weighted by Gasteiger charge is -2.23. The summed E-state index contributed by atoms with van der Waals surface area (Å²) in [6.07, 6.45) is 6.52. The molecule has 1 heterocycles. The minimum absolute atomic E-state index is 0.433. The minimum Gasteiger partial charge on any atom is -0.389 e. The van der Waals surface area contributed by atoms with Crippen LogP contribution in [0.15, 0.2) is 12.1 Å². The van der Waals surface area contributed by atoms with Gasteiger partial charge in [0, 0.05) is 17.3 Å². The molecule has 1 aliphatic carbocycles. The first-order valence-corrected chi connectivity index (χ1v) is 7.52. The van der Waals surface area contributed by atoms with Gasteiger partial charge < -0.3 is 11.1 Å². The summed E-state index contributed by atoms with van der Waals surface area (Å²) in [6.45, 7) is 4.30. The maximum absolute atomic E-state index is 5.71. The SMILES string of the molecule is Cc1cc(C(N)=S)cc(NC2CCCCCC2C)n1. The lowest BCUT2D eigenvalue weighted by molar-refractivity contribution is 0.455. The van der Waals surface area contributed by atoms with Gasteiger partial charge in [0.15, 0.2) is 0 Å². The Labute approximate surface area is 121 Å². The van der Waals surface area contributed by atoms with Crippen molar-refractivity contribution in [1.82, 2.24) is 4.98 Å². The molecule has 2 unspecified atom stereocenters. The lowest BCUT2D eigenvalue weighted by atomic mass is 9.97. The van der Waals surface area contributed by atoms with Crippen molar-refractivity contribution in [3.8, 4) is 0 Å². The number of hydrogen-bond donors (Lipinski definition) is 2. The van der Waals surface area contributed by atoms with Crippen LogP contribution in [0.2, 0.25) is 0 Å². The van der Waals surface area contributed by atoms with Crippen molar-refractivity contribution in [2.24, 2.45) is 11.7 Å². The van der Waals surface area contributed by atoms with Crippen molar-refractivity contribution >= 4 is 23.0 Å². The van der Waals surface area contributed by atoms with Crippen molar-refractivity contribution in [3.63, 3.8) is 0 Å². The molecular formula is C15H23N3S. The molecular weight excluding hydrogens is 254 g/mol. The molecule has 4 heteroatoms. The van der Waals surface area contributed by atoms with Gasteiger partial charge in [0.25, 0.3) is 0 Å². The number of anilines is 1. The number of nitrogens with two attached hydrogens (primary N) is 1. The van der Waals surface area contributed by atoms with Gasteiger partial charge in [-0.05, 0) is 37.8 Å². The monoisotopic (exact) mass is 277 g/mol. The average Bonchev–Trinajstić information content (AvgIpc) is 2.54. The molecule has 104 valence electrons. The van der Waals surface area contributed by atoms with E-state index in [1.54, 1.807) is 0 Å². The second kappa shape index (κ2) is 6.33. The van der Waals surface area contributed by atoms with E-state index in [2.05, 4.69) is 17.2 Å². The number of aryl methyl sites for hydroxylation is 1. The molecule has 1 aromatic heterocycles. The van der Waals surface area contributed by atoms with Gasteiger partial charge in [0.1, 0.15) is 10.8 Å². The molecule has 3 nitrogen and oxygen atoms in total. The van der Waals surface area contributed by atoms with Crippen LogP contribution < -0.4 is 11.1 Å². The third-order valence-electron chi connectivity index (χ3n) is 3.93. The fraction of sp³-hybridized carbons (Fsp3) is 0.600. The number of nitrogens with one attached hydrogen (secondary N) is 1. The van der Waals surface area contributed by atoms with Crippen LogP contribution in [0, 0.1) is 12.8 Å². The van der Waals surface area contributed by atoms with E-state index >= 15 is 0 Å². The normalized spacial score (nSPS) is 23.7. The molecule has 0 spiro atoms. The van der Waals surface area contributed by atoms with Gasteiger partial charge in [-0.25, -0.2) is 4.98 Å². The summed E-state index contributed by atoms with van der Waals surface area (Å²) in [7, 11) is 0. The van der Waals surface area contributed by atoms with Crippen molar-refractivity contribution in [1.29, 1.82) is 0 Å². The van der Waals surface area contributed by atoms with Crippen LogP contribution in [0.1, 0.15) is 50.3 Å². The lowest BCUT2D eigenvalue weighted by Crippen LogP contribution is -2.27. The van der Waals surface area contributed by atoms with Crippen LogP contribution in [0.3, 0.4) is 0 Å². The third kappa shape index (κ3) is 3.90. The fourth-order valence-corrected chi connectivity index (χ4v) is 2.90. The Morgan fingerprint density at radius 2 is 2.05 bits per heavy atom. The quantitative estimate of drug-likeness (QED) is 0.657. The Kier molecular flexibility index (Phi) is 4.75. The number of nitrogens with zero attached hydrogens (tertiary/aromatic N) is 1. The molecule has 2 atom stereocenters. The molecule has 0 saturated heterocycles. The summed E-state index contributed by atoms with van der Waals surface area (Å²) in [6, 6.07) is 4.41. The molecule has 1 aliphatic rings. The topological polar surface area (TPSA) is 50.9 Å². The largest absolute Gasteiger partial charge is 0.389 e. The van der Waals surface area contributed by atoms with Gasteiger partial charge in [0.2, 0.25) is 0 Å². The number of pyridine rings is 1. The number of thiocarbonyl (C=S) groups is 1. The van der Waals surface area contributed by atoms with Gasteiger partial charge in [0.05, 0.1) is 0 Å². The number of hydrogen-bond acceptors (Lipinski definition) is 3. The molecule has 3 N–H and O–H groups in total. The molecule has 0 amide bonds. The van der Waals surface area contributed by atoms with Gasteiger partial charge in [-0.2, -0.15) is 0 Å². The summed E-state index contributed by atoms with van der Waals surface area (Å²) in [4.78, 5) is 4.98. The Balaban J connectivity index is 2.15. The van der Waals surface area contributed by atoms with Crippen LogP contribution in [0.4, 0.5) is 5.82 Å². The zero-order valence-electron chi connectivity index (χ0n) is 11.8. The molecule has 19 heavy (non-hydrogen) atoms. The molecule has 1 aromatic rings. The van der Waals surface area contributed by atoms with Gasteiger partial charge >= 0.3 is 0 Å². The predicted octanol–water partition coefficient (Wildman–Crippen LogP) is 3.40. The molecule has 0 bridgehead atoms. The summed E-state index contributed by atoms with van der Waals surface area (Å²) < 4.78 is 0. The average molecular weight is 277 g/mol. The summed E-state index contributed by atoms with van der Waals surface area (Å²) in [5.41, 5.74) is 7.56. The van der Waals surface area contributed by atoms with E-state index in [1.165, 1.54) is 32.1 Å². The van der Waals surface area contributed by atoms with E-state index in [9.17, 15) is 0 Å². The van der Waals surface area contributed by atoms with Crippen LogP contribution in [0.5, 0.6) is 0 Å². The Bertz CT molecular complexity index is 459. The van der Waals surface area contributed by atoms with Crippen LogP contribution in [-0.4, -0.2) is 16.0 Å². The van der Waals surface area contributed by atoms with E-state index in [4.69, 9.17) is 18.0 Å². The van der Waals surface area contributed by atoms with E-state index in [1.807, 2.05) is 19.1 Å². The first-order chi connectivity index (χ1) is 9.06. The van der Waals surface area contributed by atoms with E-state index in [0.29, 0.717) is 16.9 Å². The zero-order valence-corrected chi connectivity index (χ0v) is 12.6. The van der Waals surface area contributed by atoms with Gasteiger partial charge in [-0.15, -0.1) is 0 Å². The van der Waals surface area contributed by atoms with Crippen LogP contribution >= 0.6 is 12.2 Å². The van der Waals surface area contributed by atoms with Gasteiger partial charge in [-0.1, -0.05) is 38.4 Å². The van der Waals surface area contributed by atoms with E-state index < -0.39 is 0 Å². The zero-order chi connectivity index (χ0) is 13.8. The van der Waals surface area contributed by atoms with Crippen molar-refractivity contribution < 1.29 is 0 Å². The summed E-state index contributed by atoms with van der Waals surface area (Å²) in [5, 5.41) is 3.58. The molecule has 0 aliphatic heterocycles. The standard InChI is InChI=1S/C15H23N3S/c1-10-6-4-3-5-7-13(10)18-14-9-12(15(16)19)8-11(2)17-14/h8-10,13H,3-7H2,1-2H3,(H2,16,19)(H,17,18). The van der Waals surface area contributed by atoms with Gasteiger partial charge in [-0.3, -0.25) is 0 Å². The Hall–Kier alpha value is -1.16. The summed E-state index contributed by atoms with van der Waals surface area (Å²) in [5.74, 6) is 1.60. The van der Waals surface area contributed by atoms with E-state index in [-0.39, 0.29) is 0 Å². The second-order valence-corrected chi connectivity index (χ2v) is 6.05. The minimum atomic E-state index is 0.433. The van der Waals surface area contributed by atoms with Crippen molar-refractivity contribution in [2.45, 2.75) is 52.0 Å². The van der Waals surface area contributed by atoms with Crippen LogP contribution in [0.25, 0.3) is 0 Å². The highest BCUT2D eigenvalue weighted by atomic mass is 32.1. The molecule has 1 saturated carbocycles. The predicted molar refractivity (Wildman–Crippen MR) is 84.5 cm³/mol. The van der Waals surface area contributed by atoms with Crippen molar-refractivity contribution in [3.05, 3.63) is 23.4 Å². The van der Waals surface area contributed by atoms with Crippen molar-refractivity contribution in [2.75, 3.05) is 5.32 Å². The Morgan fingerprint density at radius 1 is 1.32 bits per heavy atom. The Morgan fingerprint density at radius 3 is 2.79 bits per heavy atom. The number of aromatic nitrogens is 1. The molecule has 1 fully saturated rings. The molecule has 0 aromatic carbocycles. The van der Waals surface area contributed by atoms with E-state index in [0.717, 1.165) is 17.1 Å². The smallest absolute Gasteiger partial charge is 0.127 e. The summed E-state index contributed by atoms with van der Waals surface area (Å²) >= 11 is 5.05. The maximum Gasteiger partial charge on any atom is 0.127 e. The highest BCUT2D eigenvalue weighted by Gasteiger charge is 2.20. The first kappa shape index (κ1) is 14.3. The second-order valence-electron chi connectivity index (χ2n) is 5.61.